The van der Waals surface area contributed by atoms with E-state index in [2.05, 4.69) is 15.9 Å². The van der Waals surface area contributed by atoms with Gasteiger partial charge in [0.2, 0.25) is 5.91 Å². The summed E-state index contributed by atoms with van der Waals surface area (Å²) in [6, 6.07) is -0.289. The summed E-state index contributed by atoms with van der Waals surface area (Å²) < 4.78 is 0.946. The molecule has 0 saturated carbocycles. The van der Waals surface area contributed by atoms with E-state index in [1.54, 1.807) is 11.3 Å². The second-order valence-electron chi connectivity index (χ2n) is 2.45. The molecule has 4 N–H and O–H groups in total. The van der Waals surface area contributed by atoms with Crippen molar-refractivity contribution in [3.05, 3.63) is 20.8 Å². The zero-order valence-electron chi connectivity index (χ0n) is 6.29. The standard InChI is InChI=1S/C7H9BrN2OS/c8-5-3-12-2-4(5)6(9)1-7(10)11/h2-3,6H,1,9H2,(H2,10,11)/t6-/m0/s1. The summed E-state index contributed by atoms with van der Waals surface area (Å²) >= 11 is 4.88. The highest BCUT2D eigenvalue weighted by Crippen LogP contribution is 2.27. The fraction of sp³-hybridized carbons (Fsp3) is 0.286. The van der Waals surface area contributed by atoms with Gasteiger partial charge in [0.1, 0.15) is 0 Å². The summed E-state index contributed by atoms with van der Waals surface area (Å²) in [6.07, 6.45) is 0.190. The van der Waals surface area contributed by atoms with Gasteiger partial charge in [0.05, 0.1) is 0 Å². The number of nitrogens with two attached hydrogens (primary N) is 2. The largest absolute Gasteiger partial charge is 0.370 e. The van der Waals surface area contributed by atoms with E-state index in [1.807, 2.05) is 10.8 Å². The van der Waals surface area contributed by atoms with Gasteiger partial charge >= 0.3 is 0 Å². The maximum absolute atomic E-state index is 10.5. The van der Waals surface area contributed by atoms with Crippen LogP contribution in [-0.4, -0.2) is 5.91 Å². The van der Waals surface area contributed by atoms with Crippen molar-refractivity contribution in [1.29, 1.82) is 0 Å². The van der Waals surface area contributed by atoms with E-state index in [0.29, 0.717) is 0 Å². The number of hydrogen-bond acceptors (Lipinski definition) is 3. The Morgan fingerprint density at radius 3 is 2.75 bits per heavy atom. The fourth-order valence-electron chi connectivity index (χ4n) is 0.883. The second kappa shape index (κ2) is 4.02. The van der Waals surface area contributed by atoms with Crippen LogP contribution in [0.2, 0.25) is 0 Å². The van der Waals surface area contributed by atoms with Gasteiger partial charge in [0, 0.05) is 22.3 Å². The minimum absolute atomic E-state index is 0.190. The molecule has 1 aromatic heterocycles. The first-order valence-electron chi connectivity index (χ1n) is 3.36. The topological polar surface area (TPSA) is 69.1 Å². The van der Waals surface area contributed by atoms with Gasteiger partial charge in [-0.05, 0) is 26.9 Å². The van der Waals surface area contributed by atoms with E-state index in [0.717, 1.165) is 10.0 Å². The predicted molar refractivity (Wildman–Crippen MR) is 52.8 cm³/mol. The van der Waals surface area contributed by atoms with E-state index in [1.165, 1.54) is 0 Å². The van der Waals surface area contributed by atoms with Gasteiger partial charge in [-0.3, -0.25) is 4.79 Å². The molecule has 1 heterocycles. The molecule has 5 heteroatoms. The molecule has 3 nitrogen and oxygen atoms in total. The van der Waals surface area contributed by atoms with Crippen molar-refractivity contribution in [1.82, 2.24) is 0 Å². The van der Waals surface area contributed by atoms with Crippen LogP contribution in [0, 0.1) is 0 Å². The summed E-state index contributed by atoms with van der Waals surface area (Å²) in [6.45, 7) is 0. The van der Waals surface area contributed by atoms with Gasteiger partial charge in [-0.1, -0.05) is 0 Å². The van der Waals surface area contributed by atoms with E-state index >= 15 is 0 Å². The first-order chi connectivity index (χ1) is 5.61. The molecule has 0 aromatic carbocycles. The maximum Gasteiger partial charge on any atom is 0.219 e. The number of amides is 1. The Kier molecular flexibility index (Phi) is 3.25. The van der Waals surface area contributed by atoms with Crippen molar-refractivity contribution in [2.75, 3.05) is 0 Å². The zero-order valence-corrected chi connectivity index (χ0v) is 8.69. The molecule has 12 heavy (non-hydrogen) atoms. The molecule has 0 saturated heterocycles. The number of primary amides is 1. The zero-order chi connectivity index (χ0) is 9.14. The molecule has 0 unspecified atom stereocenters. The molecule has 0 aliphatic heterocycles. The highest BCUT2D eigenvalue weighted by atomic mass is 79.9. The van der Waals surface area contributed by atoms with E-state index in [-0.39, 0.29) is 18.4 Å². The van der Waals surface area contributed by atoms with Gasteiger partial charge < -0.3 is 11.5 Å². The average Bonchev–Trinajstić information content (AvgIpc) is 2.33. The van der Waals surface area contributed by atoms with E-state index < -0.39 is 0 Å². The maximum atomic E-state index is 10.5. The molecule has 1 amide bonds. The normalized spacial score (nSPS) is 12.8. The van der Waals surface area contributed by atoms with Gasteiger partial charge in [0.25, 0.3) is 0 Å². The van der Waals surface area contributed by atoms with Crippen LogP contribution in [0.25, 0.3) is 0 Å². The lowest BCUT2D eigenvalue weighted by Gasteiger charge is -2.07. The number of halogens is 1. The summed E-state index contributed by atoms with van der Waals surface area (Å²) in [4.78, 5) is 10.5. The lowest BCUT2D eigenvalue weighted by atomic mass is 10.1. The summed E-state index contributed by atoms with van der Waals surface area (Å²) in [5.74, 6) is -0.374. The van der Waals surface area contributed by atoms with Crippen molar-refractivity contribution >= 4 is 33.2 Å². The summed E-state index contributed by atoms with van der Waals surface area (Å²) in [7, 11) is 0. The van der Waals surface area contributed by atoms with Gasteiger partial charge in [-0.2, -0.15) is 11.3 Å². The molecule has 0 radical (unpaired) electrons. The van der Waals surface area contributed by atoms with E-state index in [4.69, 9.17) is 11.5 Å². The molecule has 0 bridgehead atoms. The molecule has 0 aliphatic carbocycles. The van der Waals surface area contributed by atoms with Crippen LogP contribution in [0.3, 0.4) is 0 Å². The second-order valence-corrected chi connectivity index (χ2v) is 4.05. The predicted octanol–water partition coefficient (Wildman–Crippen LogP) is 1.39. The third-order valence-electron chi connectivity index (χ3n) is 1.46. The number of thiophene rings is 1. The van der Waals surface area contributed by atoms with Gasteiger partial charge in [-0.25, -0.2) is 0 Å². The van der Waals surface area contributed by atoms with Gasteiger partial charge in [0.15, 0.2) is 0 Å². The molecule has 0 spiro atoms. The number of carbonyl (C=O) groups is 1. The Labute approximate surface area is 82.9 Å². The highest BCUT2D eigenvalue weighted by molar-refractivity contribution is 9.10. The van der Waals surface area contributed by atoms with Crippen LogP contribution in [0.15, 0.2) is 15.2 Å². The first kappa shape index (κ1) is 9.70. The fourth-order valence-corrected chi connectivity index (χ4v) is 2.54. The first-order valence-corrected chi connectivity index (χ1v) is 5.10. The minimum Gasteiger partial charge on any atom is -0.370 e. The summed E-state index contributed by atoms with van der Waals surface area (Å²) in [5.41, 5.74) is 11.7. The smallest absolute Gasteiger partial charge is 0.219 e. The number of rotatable bonds is 3. The Bertz CT molecular complexity index is 287. The molecular formula is C7H9BrN2OS. The molecule has 1 atom stereocenters. The Balaban J connectivity index is 2.71. The molecule has 1 aromatic rings. The molecule has 66 valence electrons. The molecule has 1 rings (SSSR count). The molecule has 0 fully saturated rings. The monoisotopic (exact) mass is 248 g/mol. The average molecular weight is 249 g/mol. The van der Waals surface area contributed by atoms with Crippen molar-refractivity contribution in [2.24, 2.45) is 11.5 Å². The lowest BCUT2D eigenvalue weighted by molar-refractivity contribution is -0.118. The Hall–Kier alpha value is -0.390. The minimum atomic E-state index is -0.374. The van der Waals surface area contributed by atoms with Crippen LogP contribution in [-0.2, 0) is 4.79 Å². The highest BCUT2D eigenvalue weighted by Gasteiger charge is 2.12. The van der Waals surface area contributed by atoms with Crippen molar-refractivity contribution in [2.45, 2.75) is 12.5 Å². The lowest BCUT2D eigenvalue weighted by Crippen LogP contribution is -2.20. The molecule has 0 aliphatic rings. The van der Waals surface area contributed by atoms with Crippen LogP contribution >= 0.6 is 27.3 Å². The van der Waals surface area contributed by atoms with Crippen LogP contribution < -0.4 is 11.5 Å². The van der Waals surface area contributed by atoms with Crippen LogP contribution in [0.4, 0.5) is 0 Å². The summed E-state index contributed by atoms with van der Waals surface area (Å²) in [5, 5.41) is 3.84. The van der Waals surface area contributed by atoms with E-state index in [9.17, 15) is 4.79 Å². The Morgan fingerprint density at radius 1 is 1.67 bits per heavy atom. The third-order valence-corrected chi connectivity index (χ3v) is 3.21. The molecular weight excluding hydrogens is 240 g/mol. The van der Waals surface area contributed by atoms with Crippen LogP contribution in [0.5, 0.6) is 0 Å². The number of hydrogen-bond donors (Lipinski definition) is 2. The third kappa shape index (κ3) is 2.30. The van der Waals surface area contributed by atoms with Crippen molar-refractivity contribution < 1.29 is 4.79 Å². The quantitative estimate of drug-likeness (QED) is 0.849. The van der Waals surface area contributed by atoms with Gasteiger partial charge in [-0.15, -0.1) is 0 Å². The SMILES string of the molecule is NC(=O)C[C@H](N)c1cscc1Br. The number of carbonyl (C=O) groups excluding carboxylic acids is 1. The van der Waals surface area contributed by atoms with Crippen molar-refractivity contribution in [3.8, 4) is 0 Å². The Morgan fingerprint density at radius 2 is 2.33 bits per heavy atom. The van der Waals surface area contributed by atoms with Crippen molar-refractivity contribution in [3.63, 3.8) is 0 Å². The van der Waals surface area contributed by atoms with Crippen LogP contribution in [0.1, 0.15) is 18.0 Å².